The Hall–Kier alpha value is -4.04. The van der Waals surface area contributed by atoms with Crippen LogP contribution in [0.4, 0.5) is 31.5 Å². The van der Waals surface area contributed by atoms with Crippen molar-refractivity contribution in [1.29, 1.82) is 0 Å². The smallest absolute Gasteiger partial charge is 0.323 e. The molecule has 1 spiro atoms. The van der Waals surface area contributed by atoms with E-state index in [4.69, 9.17) is 10.5 Å². The highest BCUT2D eigenvalue weighted by Gasteiger charge is 2.44. The number of halogens is 2. The van der Waals surface area contributed by atoms with Crippen molar-refractivity contribution in [2.24, 2.45) is 17.1 Å². The van der Waals surface area contributed by atoms with Gasteiger partial charge in [0.25, 0.3) is 11.8 Å². The number of sulfonamides is 1. The van der Waals surface area contributed by atoms with Crippen molar-refractivity contribution in [2.75, 3.05) is 58.4 Å². The summed E-state index contributed by atoms with van der Waals surface area (Å²) in [6.45, 7) is 5.00. The van der Waals surface area contributed by atoms with E-state index in [2.05, 4.69) is 19.9 Å². The SMILES string of the molecule is CC(C)[C@H](N)C(=O)OCCS(=O)(=O)Nc1ccc(C(=O)Nc2cc(N3CCC(F)(F)CC3)c3ncccc3c2)c(N2CCC3(CC2)CC3)c1. The maximum atomic E-state index is 14.0. The topological polar surface area (TPSA) is 147 Å². The molecule has 2 saturated heterocycles. The minimum Gasteiger partial charge on any atom is -0.463 e. The minimum absolute atomic E-state index is 0.147. The number of pyridine rings is 1. The summed E-state index contributed by atoms with van der Waals surface area (Å²) in [5.41, 5.74) is 9.27. The van der Waals surface area contributed by atoms with Crippen molar-refractivity contribution in [3.8, 4) is 0 Å². The fourth-order valence-corrected chi connectivity index (χ4v) is 7.45. The third kappa shape index (κ3) is 8.23. The van der Waals surface area contributed by atoms with Crippen molar-refractivity contribution >= 4 is 55.6 Å². The van der Waals surface area contributed by atoms with Gasteiger partial charge in [-0.15, -0.1) is 0 Å². The fourth-order valence-electron chi connectivity index (χ4n) is 6.56. The Morgan fingerprint density at radius 2 is 1.59 bits per heavy atom. The number of fused-ring (bicyclic) bond motifs is 1. The van der Waals surface area contributed by atoms with Crippen LogP contribution in [0.1, 0.15) is 62.7 Å². The average molecular weight is 699 g/mol. The summed E-state index contributed by atoms with van der Waals surface area (Å²) in [4.78, 5) is 34.6. The molecule has 11 nitrogen and oxygen atoms in total. The van der Waals surface area contributed by atoms with Gasteiger partial charge < -0.3 is 25.6 Å². The van der Waals surface area contributed by atoms with Crippen LogP contribution in [0.5, 0.6) is 0 Å². The van der Waals surface area contributed by atoms with Crippen LogP contribution in [0, 0.1) is 11.3 Å². The molecule has 1 aromatic heterocycles. The third-order valence-electron chi connectivity index (χ3n) is 10.0. The number of hydrogen-bond acceptors (Lipinski definition) is 9. The molecule has 4 N–H and O–H groups in total. The number of carbonyl (C=O) groups is 2. The monoisotopic (exact) mass is 698 g/mol. The van der Waals surface area contributed by atoms with E-state index in [1.807, 2.05) is 17.0 Å². The zero-order chi connectivity index (χ0) is 35.0. The Morgan fingerprint density at radius 3 is 2.27 bits per heavy atom. The van der Waals surface area contributed by atoms with Crippen molar-refractivity contribution in [3.05, 3.63) is 54.2 Å². The molecule has 2 aromatic carbocycles. The third-order valence-corrected chi connectivity index (χ3v) is 11.3. The van der Waals surface area contributed by atoms with Crippen LogP contribution in [0.2, 0.25) is 0 Å². The molecule has 2 aliphatic heterocycles. The largest absolute Gasteiger partial charge is 0.463 e. The van der Waals surface area contributed by atoms with Gasteiger partial charge in [-0.05, 0) is 73.4 Å². The number of nitrogens with zero attached hydrogens (tertiary/aromatic N) is 3. The van der Waals surface area contributed by atoms with Gasteiger partial charge in [0, 0.05) is 56.3 Å². The molecule has 0 radical (unpaired) electrons. The van der Waals surface area contributed by atoms with Gasteiger partial charge in [0.1, 0.15) is 18.4 Å². The summed E-state index contributed by atoms with van der Waals surface area (Å²) in [6.07, 6.45) is 5.53. The molecule has 6 rings (SSSR count). The second kappa shape index (κ2) is 13.7. The summed E-state index contributed by atoms with van der Waals surface area (Å²) in [7, 11) is -3.90. The number of anilines is 4. The van der Waals surface area contributed by atoms with E-state index in [0.717, 1.165) is 31.3 Å². The second-order valence-electron chi connectivity index (χ2n) is 13.9. The minimum atomic E-state index is -3.90. The lowest BCUT2D eigenvalue weighted by atomic mass is 9.93. The molecule has 3 aromatic rings. The maximum absolute atomic E-state index is 14.0. The number of benzene rings is 2. The Kier molecular flexibility index (Phi) is 9.73. The summed E-state index contributed by atoms with van der Waals surface area (Å²) >= 11 is 0. The molecule has 3 heterocycles. The summed E-state index contributed by atoms with van der Waals surface area (Å²) < 4.78 is 61.5. The van der Waals surface area contributed by atoms with Gasteiger partial charge in [-0.25, -0.2) is 17.2 Å². The van der Waals surface area contributed by atoms with E-state index in [-0.39, 0.29) is 50.1 Å². The van der Waals surface area contributed by atoms with Gasteiger partial charge in [-0.1, -0.05) is 19.9 Å². The van der Waals surface area contributed by atoms with Gasteiger partial charge in [0.05, 0.1) is 28.1 Å². The predicted octanol–water partition coefficient (Wildman–Crippen LogP) is 5.37. The van der Waals surface area contributed by atoms with Crippen molar-refractivity contribution < 1.29 is 31.5 Å². The number of rotatable bonds is 11. The molecule has 1 amide bonds. The molecule has 49 heavy (non-hydrogen) atoms. The number of nitrogens with two attached hydrogens (primary N) is 1. The van der Waals surface area contributed by atoms with Gasteiger partial charge in [-0.2, -0.15) is 0 Å². The number of esters is 1. The number of aromatic nitrogens is 1. The Balaban J connectivity index is 1.23. The summed E-state index contributed by atoms with van der Waals surface area (Å²) in [5, 5.41) is 3.78. The standard InChI is InChI=1S/C35H44F2N6O5S/c1-23(2)30(38)33(45)48-18-19-49(46,47)41-25-5-6-27(28(21-25)42-14-9-34(7-8-34)10-15-42)32(44)40-26-20-24-4-3-13-39-31(24)29(22-26)43-16-11-35(36,37)12-17-43/h3-6,13,20-23,30,41H,7-12,14-19,38H2,1-2H3,(H,40,44)/t30-/m0/s1. The molecule has 0 unspecified atom stereocenters. The van der Waals surface area contributed by atoms with Crippen molar-refractivity contribution in [3.63, 3.8) is 0 Å². The first-order valence-corrected chi connectivity index (χ1v) is 18.5. The highest BCUT2D eigenvalue weighted by atomic mass is 32.2. The molecule has 1 saturated carbocycles. The van der Waals surface area contributed by atoms with Crippen molar-refractivity contribution in [2.45, 2.75) is 64.3 Å². The molecule has 1 atom stereocenters. The normalized spacial score (nSPS) is 19.1. The first kappa shape index (κ1) is 34.8. The highest BCUT2D eigenvalue weighted by Crippen LogP contribution is 2.54. The lowest BCUT2D eigenvalue weighted by Gasteiger charge is -2.35. The zero-order valence-corrected chi connectivity index (χ0v) is 28.7. The number of alkyl halides is 2. The fraction of sp³-hybridized carbons (Fsp3) is 0.514. The Bertz CT molecular complexity index is 1810. The first-order chi connectivity index (χ1) is 23.2. The van der Waals surface area contributed by atoms with E-state index in [1.54, 1.807) is 44.3 Å². The van der Waals surface area contributed by atoms with E-state index < -0.39 is 33.7 Å². The van der Waals surface area contributed by atoms with E-state index in [0.29, 0.717) is 33.6 Å². The van der Waals surface area contributed by atoms with Gasteiger partial charge in [-0.3, -0.25) is 19.3 Å². The summed E-state index contributed by atoms with van der Waals surface area (Å²) in [6, 6.07) is 11.2. The van der Waals surface area contributed by atoms with Crippen LogP contribution < -0.4 is 25.6 Å². The predicted molar refractivity (Wildman–Crippen MR) is 187 cm³/mol. The van der Waals surface area contributed by atoms with Crippen LogP contribution in [-0.2, 0) is 19.6 Å². The van der Waals surface area contributed by atoms with E-state index in [1.165, 1.54) is 18.9 Å². The van der Waals surface area contributed by atoms with Crippen LogP contribution >= 0.6 is 0 Å². The van der Waals surface area contributed by atoms with Crippen LogP contribution in [0.25, 0.3) is 10.9 Å². The molecule has 0 bridgehead atoms. The molecule has 1 aliphatic carbocycles. The van der Waals surface area contributed by atoms with Crippen LogP contribution in [0.15, 0.2) is 48.7 Å². The number of ether oxygens (including phenoxy) is 1. The second-order valence-corrected chi connectivity index (χ2v) is 15.8. The van der Waals surface area contributed by atoms with E-state index >= 15 is 0 Å². The Labute approximate surface area is 285 Å². The van der Waals surface area contributed by atoms with Gasteiger partial charge in [0.2, 0.25) is 10.0 Å². The number of piperidine rings is 2. The molecule has 3 aliphatic rings. The summed E-state index contributed by atoms with van der Waals surface area (Å²) in [5.74, 6) is -4.35. The average Bonchev–Trinajstić information content (AvgIpc) is 3.82. The molecule has 3 fully saturated rings. The zero-order valence-electron chi connectivity index (χ0n) is 27.9. The van der Waals surface area contributed by atoms with Crippen LogP contribution in [-0.4, -0.2) is 75.8 Å². The molecule has 264 valence electrons. The van der Waals surface area contributed by atoms with Gasteiger partial charge in [0.15, 0.2) is 0 Å². The number of carbonyl (C=O) groups excluding carboxylic acids is 2. The van der Waals surface area contributed by atoms with Crippen molar-refractivity contribution in [1.82, 2.24) is 4.98 Å². The molecular weight excluding hydrogens is 654 g/mol. The lowest BCUT2D eigenvalue weighted by Crippen LogP contribution is -2.39. The van der Waals surface area contributed by atoms with Gasteiger partial charge >= 0.3 is 5.97 Å². The van der Waals surface area contributed by atoms with E-state index in [9.17, 15) is 26.8 Å². The Morgan fingerprint density at radius 1 is 0.939 bits per heavy atom. The highest BCUT2D eigenvalue weighted by molar-refractivity contribution is 7.92. The quantitative estimate of drug-likeness (QED) is 0.225. The number of amides is 1. The molecule has 14 heteroatoms. The maximum Gasteiger partial charge on any atom is 0.323 e. The number of hydrogen-bond donors (Lipinski definition) is 3. The lowest BCUT2D eigenvalue weighted by molar-refractivity contribution is -0.145. The first-order valence-electron chi connectivity index (χ1n) is 16.9. The number of nitrogens with one attached hydrogen (secondary N) is 2. The van der Waals surface area contributed by atoms with Crippen LogP contribution in [0.3, 0.4) is 0 Å². The molecular formula is C35H44F2N6O5S.